The highest BCUT2D eigenvalue weighted by Gasteiger charge is 2.22. The Hall–Kier alpha value is -1.71. The van der Waals surface area contributed by atoms with E-state index in [9.17, 15) is 19.5 Å². The molecule has 0 fully saturated rings. The summed E-state index contributed by atoms with van der Waals surface area (Å²) in [7, 11) is 5.96. The maximum absolute atomic E-state index is 13.0. The van der Waals surface area contributed by atoms with E-state index in [1.54, 1.807) is 0 Å². The van der Waals surface area contributed by atoms with Gasteiger partial charge < -0.3 is 33.3 Å². The molecule has 0 aliphatic rings. The average Bonchev–Trinajstić information content (AvgIpc) is 3.27. The number of quaternary nitrogens is 1. The molecule has 0 aromatic heterocycles. The molecule has 2 atom stereocenters. The second-order valence-corrected chi connectivity index (χ2v) is 31.9. The molecule has 0 aliphatic heterocycles. The minimum Gasteiger partial charge on any atom is -0.545 e. The third-order valence-electron chi connectivity index (χ3n) is 20.9. The molecule has 0 aromatic rings. The van der Waals surface area contributed by atoms with Gasteiger partial charge in [-0.15, -0.1) is 0 Å². The van der Waals surface area contributed by atoms with Crippen molar-refractivity contribution in [2.24, 2.45) is 0 Å². The second-order valence-electron chi connectivity index (χ2n) is 31.9. The highest BCUT2D eigenvalue weighted by Crippen LogP contribution is 2.22. The number of carboxylic acid groups (broad SMARTS) is 1. The number of rotatable bonds is 85. The normalized spacial score (nSPS) is 12.5. The first-order chi connectivity index (χ1) is 47.6. The molecule has 0 aliphatic carbocycles. The third-order valence-corrected chi connectivity index (χ3v) is 20.9. The molecule has 9 heteroatoms. The summed E-state index contributed by atoms with van der Waals surface area (Å²) in [6.45, 7) is 4.86. The molecule has 578 valence electrons. The van der Waals surface area contributed by atoms with Crippen LogP contribution in [0.25, 0.3) is 0 Å². The van der Waals surface area contributed by atoms with Gasteiger partial charge in [0.05, 0.1) is 40.3 Å². The van der Waals surface area contributed by atoms with Crippen LogP contribution in [-0.2, 0) is 33.3 Å². The van der Waals surface area contributed by atoms with Gasteiger partial charge in [-0.2, -0.15) is 0 Å². The Bertz CT molecular complexity index is 1550. The van der Waals surface area contributed by atoms with Crippen LogP contribution in [0.3, 0.4) is 0 Å². The van der Waals surface area contributed by atoms with Crippen LogP contribution >= 0.6 is 0 Å². The van der Waals surface area contributed by atoms with E-state index in [0.717, 1.165) is 38.5 Å². The fourth-order valence-corrected chi connectivity index (χ4v) is 14.1. The van der Waals surface area contributed by atoms with Crippen molar-refractivity contribution in [2.75, 3.05) is 47.5 Å². The molecule has 97 heavy (non-hydrogen) atoms. The summed E-state index contributed by atoms with van der Waals surface area (Å²) in [5, 5.41) is 11.9. The highest BCUT2D eigenvalue weighted by molar-refractivity contribution is 5.70. The van der Waals surface area contributed by atoms with Crippen LogP contribution in [0.1, 0.15) is 489 Å². The van der Waals surface area contributed by atoms with E-state index in [1.807, 2.05) is 21.1 Å². The van der Waals surface area contributed by atoms with Crippen molar-refractivity contribution in [2.45, 2.75) is 501 Å². The monoisotopic (exact) mass is 1370 g/mol. The largest absolute Gasteiger partial charge is 0.545 e. The van der Waals surface area contributed by atoms with E-state index in [0.29, 0.717) is 17.4 Å². The van der Waals surface area contributed by atoms with Gasteiger partial charge in [-0.05, 0) is 12.8 Å². The van der Waals surface area contributed by atoms with E-state index in [4.69, 9.17) is 18.9 Å². The van der Waals surface area contributed by atoms with Crippen LogP contribution in [0, 0.1) is 0 Å². The van der Waals surface area contributed by atoms with Gasteiger partial charge in [0.2, 0.25) is 0 Å². The Morgan fingerprint density at radius 3 is 0.660 bits per heavy atom. The molecule has 0 saturated heterocycles. The number of carbonyl (C=O) groups excluding carboxylic acids is 3. The van der Waals surface area contributed by atoms with Gasteiger partial charge in [-0.25, -0.2) is 0 Å². The molecule has 0 heterocycles. The first kappa shape index (κ1) is 95.3. The molecule has 2 unspecified atom stereocenters. The zero-order valence-electron chi connectivity index (χ0n) is 66.5. The van der Waals surface area contributed by atoms with Crippen molar-refractivity contribution >= 4 is 17.9 Å². The predicted molar refractivity (Wildman–Crippen MR) is 417 cm³/mol. The van der Waals surface area contributed by atoms with E-state index < -0.39 is 24.3 Å². The van der Waals surface area contributed by atoms with Gasteiger partial charge in [0.1, 0.15) is 13.2 Å². The van der Waals surface area contributed by atoms with Crippen LogP contribution < -0.4 is 5.11 Å². The number of nitrogens with zero attached hydrogens (tertiary/aromatic N) is 1. The molecular weight excluding hydrogens is 1200 g/mol. The van der Waals surface area contributed by atoms with Crippen molar-refractivity contribution < 1.29 is 42.9 Å². The second kappa shape index (κ2) is 80.0. The Morgan fingerprint density at radius 1 is 0.268 bits per heavy atom. The lowest BCUT2D eigenvalue weighted by Gasteiger charge is -2.26. The Morgan fingerprint density at radius 2 is 0.464 bits per heavy atom. The van der Waals surface area contributed by atoms with Crippen molar-refractivity contribution in [3.8, 4) is 0 Å². The molecule has 0 spiro atoms. The number of aliphatic carboxylic acids is 1. The summed E-state index contributed by atoms with van der Waals surface area (Å²) >= 11 is 0. The first-order valence-corrected chi connectivity index (χ1v) is 44.2. The Balaban J connectivity index is 3.87. The summed E-state index contributed by atoms with van der Waals surface area (Å²) in [5.74, 6) is -2.24. The molecule has 0 N–H and O–H groups in total. The Labute approximate surface area is 606 Å². The first-order valence-electron chi connectivity index (χ1n) is 44.2. The van der Waals surface area contributed by atoms with Crippen molar-refractivity contribution in [1.82, 2.24) is 0 Å². The van der Waals surface area contributed by atoms with Crippen LogP contribution in [0.15, 0.2) is 0 Å². The summed E-state index contributed by atoms with van der Waals surface area (Å²) < 4.78 is 22.9. The zero-order chi connectivity index (χ0) is 70.4. The van der Waals surface area contributed by atoms with Gasteiger partial charge in [0.25, 0.3) is 0 Å². The number of esters is 2. The lowest BCUT2D eigenvalue weighted by molar-refractivity contribution is -0.870. The van der Waals surface area contributed by atoms with E-state index in [1.165, 1.54) is 424 Å². The minimum atomic E-state index is -1.62. The van der Waals surface area contributed by atoms with Gasteiger partial charge in [-0.1, -0.05) is 463 Å². The number of likely N-dealkylation sites (N-methyl/N-ethyl adjacent to an activating group) is 1. The zero-order valence-corrected chi connectivity index (χ0v) is 66.5. The summed E-state index contributed by atoms with van der Waals surface area (Å²) in [6.07, 6.45) is 97.1. The van der Waals surface area contributed by atoms with Crippen molar-refractivity contribution in [3.05, 3.63) is 0 Å². The predicted octanol–water partition coefficient (Wildman–Crippen LogP) is 27.2. The maximum Gasteiger partial charge on any atom is 0.306 e. The summed E-state index contributed by atoms with van der Waals surface area (Å²) in [4.78, 5) is 37.7. The van der Waals surface area contributed by atoms with Gasteiger partial charge >= 0.3 is 11.9 Å². The molecule has 0 bridgehead atoms. The van der Waals surface area contributed by atoms with E-state index >= 15 is 0 Å². The summed E-state index contributed by atoms with van der Waals surface area (Å²) in [5.41, 5.74) is 0. The van der Waals surface area contributed by atoms with Crippen molar-refractivity contribution in [1.29, 1.82) is 0 Å². The smallest absolute Gasteiger partial charge is 0.306 e. The van der Waals surface area contributed by atoms with Crippen LogP contribution in [0.5, 0.6) is 0 Å². The van der Waals surface area contributed by atoms with E-state index in [-0.39, 0.29) is 32.2 Å². The van der Waals surface area contributed by atoms with Crippen molar-refractivity contribution in [3.63, 3.8) is 0 Å². The SMILES string of the molecule is CCCCCCCCCCCCCCCCCCCCCCCCCCCCCCCCCCCCCCCCCCCC(=O)OC(COC(=O)CCCCCCCCCCCCCCCCCCCCCCCCCCCCCCCCC)COC(OCC[N+](C)(C)C)C(=O)[O-]. The van der Waals surface area contributed by atoms with Crippen LogP contribution in [0.4, 0.5) is 0 Å². The topological polar surface area (TPSA) is 111 Å². The van der Waals surface area contributed by atoms with Gasteiger partial charge in [-0.3, -0.25) is 9.59 Å². The van der Waals surface area contributed by atoms with Gasteiger partial charge in [0, 0.05) is 12.8 Å². The number of hydrogen-bond acceptors (Lipinski definition) is 8. The number of carbonyl (C=O) groups is 3. The number of carboxylic acids is 1. The number of ether oxygens (including phenoxy) is 4. The number of hydrogen-bond donors (Lipinski definition) is 0. The van der Waals surface area contributed by atoms with Crippen LogP contribution in [-0.4, -0.2) is 82.3 Å². The minimum absolute atomic E-state index is 0.154. The average molecular weight is 1370 g/mol. The Kier molecular flexibility index (Phi) is 78.6. The summed E-state index contributed by atoms with van der Waals surface area (Å²) in [6, 6.07) is 0. The van der Waals surface area contributed by atoms with E-state index in [2.05, 4.69) is 13.8 Å². The lowest BCUT2D eigenvalue weighted by atomic mass is 10.0. The third kappa shape index (κ3) is 81.5. The molecule has 0 amide bonds. The highest BCUT2D eigenvalue weighted by atomic mass is 16.7. The molecule has 0 aromatic carbocycles. The fourth-order valence-electron chi connectivity index (χ4n) is 14.1. The standard InChI is InChI=1S/C88H173NO8/c1-6-8-10-12-14-16-18-20-22-24-26-28-30-32-34-36-38-39-40-41-42-43-44-45-46-47-49-51-53-55-57-59-61-63-65-67-69-71-73-75-77-79-86(91)97-84(83-96-88(87(92)93)94-81-80-89(3,4)5)82-95-85(90)78-76-74-72-70-68-66-64-62-60-58-56-54-52-50-48-37-35-33-31-29-27-25-23-21-19-17-15-13-11-9-7-2/h84,88H,6-83H2,1-5H3. The van der Waals surface area contributed by atoms with Gasteiger partial charge in [0.15, 0.2) is 12.4 Å². The molecule has 9 nitrogen and oxygen atoms in total. The molecule has 0 rings (SSSR count). The maximum atomic E-state index is 13.0. The quantitative estimate of drug-likeness (QED) is 0.0256. The fraction of sp³-hybridized carbons (Fsp3) is 0.966. The molecule has 0 radical (unpaired) electrons. The lowest BCUT2D eigenvalue weighted by Crippen LogP contribution is -2.44. The molecule has 0 saturated carbocycles. The van der Waals surface area contributed by atoms with Crippen LogP contribution in [0.2, 0.25) is 0 Å². The number of unbranched alkanes of at least 4 members (excludes halogenated alkanes) is 70. The molecular formula is C88H173NO8.